The Bertz CT molecular complexity index is 731. The van der Waals surface area contributed by atoms with Crippen LogP contribution in [0.4, 0.5) is 0 Å². The zero-order valence-electron chi connectivity index (χ0n) is 12.9. The lowest BCUT2D eigenvalue weighted by Crippen LogP contribution is -2.36. The molecule has 0 radical (unpaired) electrons. The van der Waals surface area contributed by atoms with Crippen LogP contribution < -0.4 is 5.43 Å². The van der Waals surface area contributed by atoms with Gasteiger partial charge in [0.05, 0.1) is 0 Å². The Labute approximate surface area is 134 Å². The number of Topliss-reactive ketones (excluding diaryl/α,β-unsaturated/α-hetero) is 1. The van der Waals surface area contributed by atoms with Crippen LogP contribution in [0, 0.1) is 5.92 Å². The predicted molar refractivity (Wildman–Crippen MR) is 87.5 cm³/mol. The number of piperidine rings is 1. The number of benzene rings is 1. The lowest BCUT2D eigenvalue weighted by atomic mass is 9.89. The molecule has 0 unspecified atom stereocenters. The van der Waals surface area contributed by atoms with Gasteiger partial charge in [0.1, 0.15) is 0 Å². The molecule has 0 spiro atoms. The Balaban J connectivity index is 1.57. The van der Waals surface area contributed by atoms with E-state index in [9.17, 15) is 14.7 Å². The molecule has 5 heteroatoms. The number of aromatic nitrogens is 1. The topological polar surface area (TPSA) is 73.4 Å². The molecular formula is C18H20N2O3. The highest BCUT2D eigenvalue weighted by Crippen LogP contribution is 2.22. The number of nitrogens with one attached hydrogen (secondary N) is 1. The van der Waals surface area contributed by atoms with Gasteiger partial charge >= 0.3 is 0 Å². The molecule has 2 aromatic rings. The summed E-state index contributed by atoms with van der Waals surface area (Å²) in [4.78, 5) is 29.0. The lowest BCUT2D eigenvalue weighted by Gasteiger charge is -2.31. The van der Waals surface area contributed by atoms with Crippen molar-refractivity contribution in [2.45, 2.75) is 19.4 Å². The van der Waals surface area contributed by atoms with Gasteiger partial charge < -0.3 is 10.1 Å². The normalized spacial score (nSPS) is 16.3. The Kier molecular flexibility index (Phi) is 4.57. The third kappa shape index (κ3) is 3.68. The van der Waals surface area contributed by atoms with Gasteiger partial charge in [-0.15, -0.1) is 0 Å². The van der Waals surface area contributed by atoms with Gasteiger partial charge in [0.2, 0.25) is 5.43 Å². The van der Waals surface area contributed by atoms with Gasteiger partial charge in [-0.25, -0.2) is 0 Å². The number of pyridine rings is 1. The molecule has 0 amide bonds. The van der Waals surface area contributed by atoms with Crippen molar-refractivity contribution < 1.29 is 9.90 Å². The second-order valence-electron chi connectivity index (χ2n) is 5.99. The van der Waals surface area contributed by atoms with Gasteiger partial charge in [0, 0.05) is 36.0 Å². The summed E-state index contributed by atoms with van der Waals surface area (Å²) in [5.41, 5.74) is 1.20. The van der Waals surface area contributed by atoms with E-state index in [0.29, 0.717) is 6.54 Å². The number of carbonyl (C=O) groups excluding carboxylic acids is 1. The number of likely N-dealkylation sites (tertiary alicyclic amines) is 1. The molecule has 1 aliphatic rings. The minimum absolute atomic E-state index is 0.0764. The van der Waals surface area contributed by atoms with Crippen LogP contribution in [0.15, 0.2) is 47.4 Å². The van der Waals surface area contributed by atoms with E-state index in [-0.39, 0.29) is 22.9 Å². The van der Waals surface area contributed by atoms with Crippen LogP contribution >= 0.6 is 0 Å². The SMILES string of the molecule is O=C(c1ccccc1)C1CCN(Cc2cc(=O)c(O)c[nH]2)CC1. The number of aromatic amines is 1. The molecule has 1 saturated heterocycles. The average molecular weight is 312 g/mol. The first-order chi connectivity index (χ1) is 11.1. The molecule has 1 fully saturated rings. The Morgan fingerprint density at radius 3 is 2.57 bits per heavy atom. The van der Waals surface area contributed by atoms with E-state index in [1.54, 1.807) is 0 Å². The average Bonchev–Trinajstić information content (AvgIpc) is 2.59. The molecule has 1 aromatic carbocycles. The maximum atomic E-state index is 12.5. The zero-order valence-corrected chi connectivity index (χ0v) is 12.9. The maximum absolute atomic E-state index is 12.5. The van der Waals surface area contributed by atoms with E-state index in [1.165, 1.54) is 12.3 Å². The first-order valence-electron chi connectivity index (χ1n) is 7.85. The number of ketones is 1. The fourth-order valence-electron chi connectivity index (χ4n) is 3.03. The monoisotopic (exact) mass is 312 g/mol. The van der Waals surface area contributed by atoms with Crippen molar-refractivity contribution in [1.82, 2.24) is 9.88 Å². The van der Waals surface area contributed by atoms with E-state index in [2.05, 4.69) is 9.88 Å². The van der Waals surface area contributed by atoms with Crippen molar-refractivity contribution >= 4 is 5.78 Å². The first kappa shape index (κ1) is 15.5. The predicted octanol–water partition coefficient (Wildman–Crippen LogP) is 2.18. The first-order valence-corrected chi connectivity index (χ1v) is 7.85. The number of nitrogens with zero attached hydrogens (tertiary/aromatic N) is 1. The molecule has 1 aromatic heterocycles. The van der Waals surface area contributed by atoms with Crippen LogP contribution in [0.5, 0.6) is 5.75 Å². The third-order valence-corrected chi connectivity index (χ3v) is 4.36. The van der Waals surface area contributed by atoms with Crippen LogP contribution in [0.3, 0.4) is 0 Å². The molecule has 1 aliphatic heterocycles. The number of carbonyl (C=O) groups is 1. The van der Waals surface area contributed by atoms with Gasteiger partial charge in [0.25, 0.3) is 0 Å². The molecule has 2 heterocycles. The van der Waals surface area contributed by atoms with Crippen LogP contribution in [-0.4, -0.2) is 33.9 Å². The number of hydrogen-bond donors (Lipinski definition) is 2. The van der Waals surface area contributed by atoms with Crippen LogP contribution in [0.1, 0.15) is 28.9 Å². The zero-order chi connectivity index (χ0) is 16.2. The Hall–Kier alpha value is -2.40. The van der Waals surface area contributed by atoms with Crippen molar-refractivity contribution in [2.75, 3.05) is 13.1 Å². The van der Waals surface area contributed by atoms with Crippen LogP contribution in [0.2, 0.25) is 0 Å². The highest BCUT2D eigenvalue weighted by Gasteiger charge is 2.25. The summed E-state index contributed by atoms with van der Waals surface area (Å²) in [6.45, 7) is 2.28. The fraction of sp³-hybridized carbons (Fsp3) is 0.333. The maximum Gasteiger partial charge on any atom is 0.223 e. The Morgan fingerprint density at radius 1 is 1.22 bits per heavy atom. The molecule has 3 rings (SSSR count). The van der Waals surface area contributed by atoms with Gasteiger partial charge in [0.15, 0.2) is 11.5 Å². The molecule has 2 N–H and O–H groups in total. The molecular weight excluding hydrogens is 292 g/mol. The number of H-pyrrole nitrogens is 1. The van der Waals surface area contributed by atoms with Gasteiger partial charge in [-0.1, -0.05) is 30.3 Å². The number of aromatic hydroxyl groups is 1. The van der Waals surface area contributed by atoms with Crippen LogP contribution in [0.25, 0.3) is 0 Å². The van der Waals surface area contributed by atoms with E-state index >= 15 is 0 Å². The number of rotatable bonds is 4. The van der Waals surface area contributed by atoms with Gasteiger partial charge in [-0.2, -0.15) is 0 Å². The quantitative estimate of drug-likeness (QED) is 0.849. The summed E-state index contributed by atoms with van der Waals surface area (Å²) in [6, 6.07) is 10.9. The summed E-state index contributed by atoms with van der Waals surface area (Å²) < 4.78 is 0. The Morgan fingerprint density at radius 2 is 1.91 bits per heavy atom. The van der Waals surface area contributed by atoms with Crippen molar-refractivity contribution in [3.8, 4) is 5.75 Å². The van der Waals surface area contributed by atoms with Crippen molar-refractivity contribution in [3.63, 3.8) is 0 Å². The second-order valence-corrected chi connectivity index (χ2v) is 5.99. The van der Waals surface area contributed by atoms with E-state index in [1.807, 2.05) is 30.3 Å². The lowest BCUT2D eigenvalue weighted by molar-refractivity contribution is 0.0834. The summed E-state index contributed by atoms with van der Waals surface area (Å²) in [5.74, 6) is 0.0386. The fourth-order valence-corrected chi connectivity index (χ4v) is 3.03. The molecule has 0 bridgehead atoms. The molecule has 120 valence electrons. The van der Waals surface area contributed by atoms with Crippen molar-refractivity contribution in [1.29, 1.82) is 0 Å². The minimum Gasteiger partial charge on any atom is -0.503 e. The molecule has 5 nitrogen and oxygen atoms in total. The van der Waals surface area contributed by atoms with Gasteiger partial charge in [-0.05, 0) is 25.9 Å². The van der Waals surface area contributed by atoms with E-state index in [0.717, 1.165) is 37.2 Å². The minimum atomic E-state index is -0.368. The van der Waals surface area contributed by atoms with Gasteiger partial charge in [-0.3, -0.25) is 14.5 Å². The third-order valence-electron chi connectivity index (χ3n) is 4.36. The van der Waals surface area contributed by atoms with Crippen molar-refractivity contribution in [3.05, 3.63) is 64.1 Å². The smallest absolute Gasteiger partial charge is 0.223 e. The van der Waals surface area contributed by atoms with Crippen LogP contribution in [-0.2, 0) is 6.54 Å². The summed E-state index contributed by atoms with van der Waals surface area (Å²) in [5, 5.41) is 9.26. The largest absolute Gasteiger partial charge is 0.503 e. The summed E-state index contributed by atoms with van der Waals surface area (Å²) in [7, 11) is 0. The number of hydrogen-bond acceptors (Lipinski definition) is 4. The van der Waals surface area contributed by atoms with Crippen molar-refractivity contribution in [2.24, 2.45) is 5.92 Å². The molecule has 0 saturated carbocycles. The molecule has 23 heavy (non-hydrogen) atoms. The van der Waals surface area contributed by atoms with E-state index in [4.69, 9.17) is 0 Å². The summed E-state index contributed by atoms with van der Waals surface area (Å²) in [6.07, 6.45) is 2.98. The highest BCUT2D eigenvalue weighted by molar-refractivity contribution is 5.97. The van der Waals surface area contributed by atoms with E-state index < -0.39 is 0 Å². The summed E-state index contributed by atoms with van der Waals surface area (Å²) >= 11 is 0. The molecule has 0 aliphatic carbocycles. The standard InChI is InChI=1S/C18H20N2O3/c21-16-10-15(19-11-17(16)22)12-20-8-6-14(7-9-20)18(23)13-4-2-1-3-5-13/h1-5,10-11,14,22H,6-9,12H2,(H,19,21). The highest BCUT2D eigenvalue weighted by atomic mass is 16.3. The second kappa shape index (κ2) is 6.79. The molecule has 0 atom stereocenters.